The molecule has 0 saturated carbocycles. The summed E-state index contributed by atoms with van der Waals surface area (Å²) in [6.07, 6.45) is 6.74. The molecule has 2 heterocycles. The van der Waals surface area contributed by atoms with Gasteiger partial charge in [0, 0.05) is 13.2 Å². The molecular formula is C24H26N6O3. The standard InChI is InChI=1S/C24H26N6O3/c1-16-13-18(29-14-17-7-4-5-8-20(17)25-29)11-12-22(16)33-15-19-21(9-6-10-23(19)32-3)30-24(31)28(2)26-27-30/h6,9-14H,4-5,7-8,15H2,1-3H3. The number of nitrogens with zero attached hydrogens (tertiary/aromatic N) is 6. The Morgan fingerprint density at radius 1 is 1.06 bits per heavy atom. The number of rotatable bonds is 6. The van der Waals surface area contributed by atoms with Crippen LogP contribution in [0.4, 0.5) is 0 Å². The number of aryl methyl sites for hydroxylation is 4. The van der Waals surface area contributed by atoms with Crippen LogP contribution in [0.1, 0.15) is 35.2 Å². The molecule has 33 heavy (non-hydrogen) atoms. The molecule has 0 fully saturated rings. The fourth-order valence-electron chi connectivity index (χ4n) is 4.25. The molecule has 1 aliphatic carbocycles. The smallest absolute Gasteiger partial charge is 0.368 e. The third-order valence-electron chi connectivity index (χ3n) is 6.06. The number of methoxy groups -OCH3 is 1. The molecule has 9 heteroatoms. The van der Waals surface area contributed by atoms with E-state index >= 15 is 0 Å². The van der Waals surface area contributed by atoms with Crippen molar-refractivity contribution in [2.45, 2.75) is 39.2 Å². The summed E-state index contributed by atoms with van der Waals surface area (Å²) in [5.74, 6) is 1.36. The van der Waals surface area contributed by atoms with Gasteiger partial charge in [0.1, 0.15) is 18.1 Å². The predicted molar refractivity (Wildman–Crippen MR) is 122 cm³/mol. The monoisotopic (exact) mass is 446 g/mol. The number of tetrazole rings is 1. The number of ether oxygens (including phenoxy) is 2. The molecule has 2 aromatic heterocycles. The van der Waals surface area contributed by atoms with Crippen LogP contribution in [0.5, 0.6) is 11.5 Å². The second-order valence-electron chi connectivity index (χ2n) is 8.25. The van der Waals surface area contributed by atoms with Gasteiger partial charge >= 0.3 is 5.69 Å². The van der Waals surface area contributed by atoms with E-state index in [0.29, 0.717) is 17.0 Å². The van der Waals surface area contributed by atoms with Crippen molar-refractivity contribution in [2.75, 3.05) is 7.11 Å². The summed E-state index contributed by atoms with van der Waals surface area (Å²) >= 11 is 0. The van der Waals surface area contributed by atoms with E-state index in [-0.39, 0.29) is 12.3 Å². The SMILES string of the molecule is COc1cccc(-n2nnn(C)c2=O)c1COc1ccc(-n2cc3c(n2)CCCC3)cc1C. The average Bonchev–Trinajstić information content (AvgIpc) is 3.41. The van der Waals surface area contributed by atoms with Crippen LogP contribution in [0.25, 0.3) is 11.4 Å². The van der Waals surface area contributed by atoms with Gasteiger partial charge in [0.05, 0.1) is 29.7 Å². The maximum Gasteiger partial charge on any atom is 0.368 e. The molecule has 0 atom stereocenters. The third kappa shape index (κ3) is 3.90. The summed E-state index contributed by atoms with van der Waals surface area (Å²) in [5, 5.41) is 12.6. The van der Waals surface area contributed by atoms with Gasteiger partial charge in [-0.15, -0.1) is 0 Å². The highest BCUT2D eigenvalue weighted by Gasteiger charge is 2.17. The summed E-state index contributed by atoms with van der Waals surface area (Å²) in [6.45, 7) is 2.22. The molecule has 9 nitrogen and oxygen atoms in total. The van der Waals surface area contributed by atoms with Gasteiger partial charge in [-0.1, -0.05) is 6.07 Å². The minimum absolute atomic E-state index is 0.207. The van der Waals surface area contributed by atoms with Crippen LogP contribution in [0.2, 0.25) is 0 Å². The van der Waals surface area contributed by atoms with Gasteiger partial charge in [0.2, 0.25) is 0 Å². The molecule has 0 radical (unpaired) electrons. The number of hydrogen-bond acceptors (Lipinski definition) is 6. The topological polar surface area (TPSA) is 89.0 Å². The van der Waals surface area contributed by atoms with E-state index in [1.165, 1.54) is 33.5 Å². The Morgan fingerprint density at radius 2 is 1.91 bits per heavy atom. The molecule has 0 amide bonds. The van der Waals surface area contributed by atoms with Crippen LogP contribution in [0, 0.1) is 6.92 Å². The number of hydrogen-bond donors (Lipinski definition) is 0. The first-order valence-electron chi connectivity index (χ1n) is 11.0. The molecule has 0 bridgehead atoms. The lowest BCUT2D eigenvalue weighted by atomic mass is 9.99. The summed E-state index contributed by atoms with van der Waals surface area (Å²) in [7, 11) is 3.15. The number of aromatic nitrogens is 6. The third-order valence-corrected chi connectivity index (χ3v) is 6.06. The van der Waals surface area contributed by atoms with Crippen molar-refractivity contribution in [3.8, 4) is 22.9 Å². The van der Waals surface area contributed by atoms with Crippen LogP contribution in [-0.2, 0) is 26.5 Å². The highest BCUT2D eigenvalue weighted by molar-refractivity contribution is 5.50. The Hall–Kier alpha value is -3.88. The van der Waals surface area contributed by atoms with Gasteiger partial charge in [-0.05, 0) is 84.5 Å². The quantitative estimate of drug-likeness (QED) is 0.453. The maximum atomic E-state index is 12.4. The van der Waals surface area contributed by atoms with Gasteiger partial charge < -0.3 is 9.47 Å². The fourth-order valence-corrected chi connectivity index (χ4v) is 4.25. The van der Waals surface area contributed by atoms with Crippen molar-refractivity contribution >= 4 is 0 Å². The van der Waals surface area contributed by atoms with E-state index in [9.17, 15) is 4.79 Å². The minimum atomic E-state index is -0.341. The Bertz CT molecular complexity index is 1340. The van der Waals surface area contributed by atoms with Crippen molar-refractivity contribution in [3.05, 3.63) is 75.5 Å². The predicted octanol–water partition coefficient (Wildman–Crippen LogP) is 2.93. The first-order chi connectivity index (χ1) is 16.0. The highest BCUT2D eigenvalue weighted by Crippen LogP contribution is 2.29. The maximum absolute atomic E-state index is 12.4. The van der Waals surface area contributed by atoms with E-state index in [1.807, 2.05) is 35.9 Å². The highest BCUT2D eigenvalue weighted by atomic mass is 16.5. The molecule has 170 valence electrons. The largest absolute Gasteiger partial charge is 0.496 e. The molecule has 1 aliphatic rings. The Morgan fingerprint density at radius 3 is 2.64 bits per heavy atom. The summed E-state index contributed by atoms with van der Waals surface area (Å²) in [5.41, 5.74) is 5.51. The number of fused-ring (bicyclic) bond motifs is 1. The van der Waals surface area contributed by atoms with Crippen LogP contribution < -0.4 is 15.2 Å². The number of benzene rings is 2. The second kappa shape index (κ2) is 8.57. The van der Waals surface area contributed by atoms with Crippen LogP contribution in [0.15, 0.2) is 47.4 Å². The van der Waals surface area contributed by atoms with E-state index in [0.717, 1.165) is 29.8 Å². The van der Waals surface area contributed by atoms with Gasteiger partial charge in [0.15, 0.2) is 0 Å². The summed E-state index contributed by atoms with van der Waals surface area (Å²) in [4.78, 5) is 12.4. The second-order valence-corrected chi connectivity index (χ2v) is 8.25. The fraction of sp³-hybridized carbons (Fsp3) is 0.333. The van der Waals surface area contributed by atoms with E-state index in [2.05, 4.69) is 22.7 Å². The molecule has 5 rings (SSSR count). The van der Waals surface area contributed by atoms with E-state index < -0.39 is 0 Å². The van der Waals surface area contributed by atoms with Crippen LogP contribution in [-0.4, -0.2) is 36.7 Å². The van der Waals surface area contributed by atoms with Crippen LogP contribution in [0.3, 0.4) is 0 Å². The zero-order chi connectivity index (χ0) is 22.9. The first kappa shape index (κ1) is 21.0. The molecule has 0 unspecified atom stereocenters. The van der Waals surface area contributed by atoms with Crippen molar-refractivity contribution in [2.24, 2.45) is 7.05 Å². The zero-order valence-electron chi connectivity index (χ0n) is 19.0. The van der Waals surface area contributed by atoms with Crippen molar-refractivity contribution in [1.29, 1.82) is 0 Å². The van der Waals surface area contributed by atoms with Crippen LogP contribution >= 0.6 is 0 Å². The summed E-state index contributed by atoms with van der Waals surface area (Å²) in [6, 6.07) is 11.5. The van der Waals surface area contributed by atoms with E-state index in [4.69, 9.17) is 14.6 Å². The average molecular weight is 447 g/mol. The Kier molecular flexibility index (Phi) is 5.45. The molecule has 0 saturated heterocycles. The normalized spacial score (nSPS) is 13.1. The molecule has 0 N–H and O–H groups in total. The molecule has 4 aromatic rings. The molecule has 0 aliphatic heterocycles. The zero-order valence-corrected chi connectivity index (χ0v) is 19.0. The van der Waals surface area contributed by atoms with Crippen molar-refractivity contribution < 1.29 is 9.47 Å². The molecule has 2 aromatic carbocycles. The minimum Gasteiger partial charge on any atom is -0.496 e. The van der Waals surface area contributed by atoms with Gasteiger partial charge in [-0.25, -0.2) is 9.48 Å². The summed E-state index contributed by atoms with van der Waals surface area (Å²) < 4.78 is 16.1. The van der Waals surface area contributed by atoms with Crippen molar-refractivity contribution in [1.82, 2.24) is 29.6 Å². The van der Waals surface area contributed by atoms with Gasteiger partial charge in [0.25, 0.3) is 0 Å². The lowest BCUT2D eigenvalue weighted by Crippen LogP contribution is -2.23. The first-order valence-corrected chi connectivity index (χ1v) is 11.0. The van der Waals surface area contributed by atoms with Gasteiger partial charge in [-0.2, -0.15) is 14.5 Å². The molecule has 0 spiro atoms. The Labute approximate surface area is 191 Å². The lowest BCUT2D eigenvalue weighted by molar-refractivity contribution is 0.294. The molecular weight excluding hydrogens is 420 g/mol. The van der Waals surface area contributed by atoms with E-state index in [1.54, 1.807) is 20.2 Å². The van der Waals surface area contributed by atoms with Crippen molar-refractivity contribution in [3.63, 3.8) is 0 Å². The lowest BCUT2D eigenvalue weighted by Gasteiger charge is -2.15. The Balaban J connectivity index is 1.41. The van der Waals surface area contributed by atoms with Gasteiger partial charge in [-0.3, -0.25) is 0 Å².